The van der Waals surface area contributed by atoms with Crippen LogP contribution in [0, 0.1) is 0 Å². The number of rotatable bonds is 6. The van der Waals surface area contributed by atoms with Crippen LogP contribution in [0.2, 0.25) is 5.02 Å². The second-order valence-electron chi connectivity index (χ2n) is 13.3. The maximum atomic E-state index is 14.1. The number of aryl methyl sites for hydroxylation is 2. The first-order valence-electron chi connectivity index (χ1n) is 15.0. The summed E-state index contributed by atoms with van der Waals surface area (Å²) >= 11 is 6.48. The van der Waals surface area contributed by atoms with Crippen molar-refractivity contribution in [1.82, 2.24) is 33.6 Å². The fourth-order valence-electron chi connectivity index (χ4n) is 5.37. The predicted octanol–water partition coefficient (Wildman–Crippen LogP) is 5.08. The van der Waals surface area contributed by atoms with Crippen molar-refractivity contribution in [1.29, 1.82) is 0 Å². The van der Waals surface area contributed by atoms with Crippen molar-refractivity contribution >= 4 is 45.9 Å². The average Bonchev–Trinajstić information content (AvgIpc) is 3.51. The second-order valence-corrected chi connectivity index (χ2v) is 13.7. The number of alkyl carbamates (subject to hydrolysis) is 1. The van der Waals surface area contributed by atoms with Gasteiger partial charge in [0.1, 0.15) is 17.0 Å². The Morgan fingerprint density at radius 2 is 1.68 bits per heavy atom. The van der Waals surface area contributed by atoms with Gasteiger partial charge in [-0.15, -0.1) is 0 Å². The fraction of sp³-hybridized carbons (Fsp3) is 0.394. The molecule has 13 nitrogen and oxygen atoms in total. The van der Waals surface area contributed by atoms with Crippen LogP contribution in [0.15, 0.2) is 58.4 Å². The van der Waals surface area contributed by atoms with E-state index in [0.29, 0.717) is 27.4 Å². The van der Waals surface area contributed by atoms with Gasteiger partial charge in [0, 0.05) is 43.3 Å². The molecule has 47 heavy (non-hydrogen) atoms. The van der Waals surface area contributed by atoms with Crippen LogP contribution >= 0.6 is 11.6 Å². The molecular weight excluding hydrogens is 626 g/mol. The van der Waals surface area contributed by atoms with Crippen molar-refractivity contribution in [2.75, 3.05) is 0 Å². The zero-order chi connectivity index (χ0) is 34.4. The van der Waals surface area contributed by atoms with E-state index in [-0.39, 0.29) is 24.1 Å². The minimum absolute atomic E-state index is 0.127. The molecule has 5 rings (SSSR count). The van der Waals surface area contributed by atoms with Crippen molar-refractivity contribution in [3.05, 3.63) is 91.7 Å². The Hall–Kier alpha value is -4.91. The van der Waals surface area contributed by atoms with Crippen molar-refractivity contribution in [2.45, 2.75) is 71.8 Å². The van der Waals surface area contributed by atoms with E-state index in [1.54, 1.807) is 95.9 Å². The molecule has 248 valence electrons. The number of amides is 1. The Balaban J connectivity index is 1.64. The van der Waals surface area contributed by atoms with Crippen LogP contribution < -0.4 is 16.6 Å². The van der Waals surface area contributed by atoms with Crippen molar-refractivity contribution in [3.8, 4) is 0 Å². The second kappa shape index (κ2) is 12.4. The molecule has 0 bridgehead atoms. The summed E-state index contributed by atoms with van der Waals surface area (Å²) < 4.78 is 16.4. The number of nitrogens with one attached hydrogen (secondary N) is 1. The lowest BCUT2D eigenvalue weighted by atomic mass is 10.1. The molecule has 5 aromatic rings. The van der Waals surface area contributed by atoms with Gasteiger partial charge in [-0.3, -0.25) is 18.9 Å². The number of ether oxygens (including phenoxy) is 2. The van der Waals surface area contributed by atoms with E-state index in [2.05, 4.69) is 15.3 Å². The summed E-state index contributed by atoms with van der Waals surface area (Å²) in [7, 11) is 3.15. The molecule has 0 saturated heterocycles. The van der Waals surface area contributed by atoms with Gasteiger partial charge < -0.3 is 19.4 Å². The molecule has 4 aromatic heterocycles. The van der Waals surface area contributed by atoms with Gasteiger partial charge in [-0.2, -0.15) is 0 Å². The summed E-state index contributed by atoms with van der Waals surface area (Å²) in [4.78, 5) is 63.1. The molecule has 1 aromatic carbocycles. The van der Waals surface area contributed by atoms with E-state index in [0.717, 1.165) is 10.1 Å². The predicted molar refractivity (Wildman–Crippen MR) is 178 cm³/mol. The third-order valence-electron chi connectivity index (χ3n) is 7.32. The van der Waals surface area contributed by atoms with Crippen molar-refractivity contribution < 1.29 is 19.1 Å². The van der Waals surface area contributed by atoms with Gasteiger partial charge in [0.05, 0.1) is 23.8 Å². The maximum absolute atomic E-state index is 14.1. The Kier molecular flexibility index (Phi) is 8.80. The van der Waals surface area contributed by atoms with Gasteiger partial charge in [-0.1, -0.05) is 23.7 Å². The number of carbonyl (C=O) groups is 2. The van der Waals surface area contributed by atoms with Gasteiger partial charge in [0.25, 0.3) is 5.56 Å². The zero-order valence-electron chi connectivity index (χ0n) is 27.6. The number of aromatic nitrogens is 6. The van der Waals surface area contributed by atoms with Gasteiger partial charge in [-0.05, 0) is 71.4 Å². The van der Waals surface area contributed by atoms with E-state index in [9.17, 15) is 19.2 Å². The van der Waals surface area contributed by atoms with Crippen LogP contribution in [0.25, 0.3) is 22.1 Å². The number of hydrogen-bond acceptors (Lipinski definition) is 8. The molecule has 0 aliphatic carbocycles. The summed E-state index contributed by atoms with van der Waals surface area (Å²) in [5, 5.41) is 3.83. The lowest BCUT2D eigenvalue weighted by molar-refractivity contribution is 0.0497. The largest absolute Gasteiger partial charge is 0.444 e. The molecule has 14 heteroatoms. The highest BCUT2D eigenvalue weighted by molar-refractivity contribution is 6.35. The molecule has 4 heterocycles. The summed E-state index contributed by atoms with van der Waals surface area (Å²) in [6, 6.07) is 9.67. The third kappa shape index (κ3) is 6.94. The first kappa shape index (κ1) is 33.5. The highest BCUT2D eigenvalue weighted by Gasteiger charge is 2.29. The fourth-order valence-corrected chi connectivity index (χ4v) is 5.60. The quantitative estimate of drug-likeness (QED) is 0.265. The average molecular weight is 664 g/mol. The smallest absolute Gasteiger partial charge is 0.419 e. The van der Waals surface area contributed by atoms with Crippen LogP contribution in [0.3, 0.4) is 0 Å². The number of fused-ring (bicyclic) bond motifs is 2. The summed E-state index contributed by atoms with van der Waals surface area (Å²) in [6.07, 6.45) is 2.25. The van der Waals surface area contributed by atoms with Crippen LogP contribution in [-0.2, 0) is 36.5 Å². The standard InChI is InChI=1S/C33H38ClN7O6/c1-32(2,3)46-29(43)36-23(15-19-11-10-14-35-17-19)26-37-27-25(38(26)7)28(42)40(30(44)39(27)8)18-20-16-21-22(34)12-9-13-24(21)41(20)31(45)47-33(4,5)6/h9-14,16-17,23H,15,18H2,1-8H3,(H,36,43)/t23-/m1/s1. The molecular formula is C33H38ClN7O6. The number of carbonyl (C=O) groups excluding carboxylic acids is 2. The number of nitrogens with zero attached hydrogens (tertiary/aromatic N) is 6. The summed E-state index contributed by atoms with van der Waals surface area (Å²) in [6.45, 7) is 10.2. The summed E-state index contributed by atoms with van der Waals surface area (Å²) in [5.74, 6) is 0.328. The molecule has 0 saturated carbocycles. The normalized spacial score (nSPS) is 12.8. The summed E-state index contributed by atoms with van der Waals surface area (Å²) in [5.41, 5.74) is -0.975. The molecule has 0 fully saturated rings. The minimum atomic E-state index is -0.805. The number of benzene rings is 1. The molecule has 0 spiro atoms. The monoisotopic (exact) mass is 663 g/mol. The van der Waals surface area contributed by atoms with Crippen LogP contribution in [0.4, 0.5) is 9.59 Å². The Morgan fingerprint density at radius 1 is 0.979 bits per heavy atom. The van der Waals surface area contributed by atoms with Gasteiger partial charge in [0.2, 0.25) is 0 Å². The lowest BCUT2D eigenvalue weighted by Gasteiger charge is -2.23. The highest BCUT2D eigenvalue weighted by Crippen LogP contribution is 2.29. The number of hydrogen-bond donors (Lipinski definition) is 1. The molecule has 1 atom stereocenters. The topological polar surface area (TPSA) is 144 Å². The van der Waals surface area contributed by atoms with E-state index < -0.39 is 40.7 Å². The molecule has 0 unspecified atom stereocenters. The third-order valence-corrected chi connectivity index (χ3v) is 7.65. The minimum Gasteiger partial charge on any atom is -0.444 e. The Bertz CT molecular complexity index is 2110. The first-order valence-corrected chi connectivity index (χ1v) is 15.4. The highest BCUT2D eigenvalue weighted by atomic mass is 35.5. The zero-order valence-corrected chi connectivity index (χ0v) is 28.4. The van der Waals surface area contributed by atoms with E-state index in [1.165, 1.54) is 16.2 Å². The Labute approximate surface area is 275 Å². The molecule has 0 radical (unpaired) electrons. The first-order chi connectivity index (χ1) is 21.9. The van der Waals surface area contributed by atoms with E-state index >= 15 is 0 Å². The van der Waals surface area contributed by atoms with Crippen LogP contribution in [-0.4, -0.2) is 51.6 Å². The van der Waals surface area contributed by atoms with Crippen LogP contribution in [0.5, 0.6) is 0 Å². The number of pyridine rings is 1. The molecule has 0 aliphatic rings. The van der Waals surface area contributed by atoms with Gasteiger partial charge in [-0.25, -0.2) is 23.9 Å². The SMILES string of the molecule is Cn1c([C@@H](Cc2cccnc2)NC(=O)OC(C)(C)C)nc2c1c(=O)n(Cc1cc3c(Cl)cccc3n1C(=O)OC(C)(C)C)c(=O)n2C. The van der Waals surface area contributed by atoms with E-state index in [1.807, 2.05) is 6.07 Å². The van der Waals surface area contributed by atoms with Crippen LogP contribution in [0.1, 0.15) is 64.7 Å². The lowest BCUT2D eigenvalue weighted by Crippen LogP contribution is -2.40. The number of halogens is 1. The van der Waals surface area contributed by atoms with Gasteiger partial charge >= 0.3 is 17.9 Å². The molecule has 1 N–H and O–H groups in total. The Morgan fingerprint density at radius 3 is 2.32 bits per heavy atom. The van der Waals surface area contributed by atoms with Gasteiger partial charge in [0.15, 0.2) is 11.2 Å². The number of imidazole rings is 1. The molecule has 1 amide bonds. The van der Waals surface area contributed by atoms with Crippen molar-refractivity contribution in [3.63, 3.8) is 0 Å². The molecule has 0 aliphatic heterocycles. The maximum Gasteiger partial charge on any atom is 0.419 e. The van der Waals surface area contributed by atoms with Crippen molar-refractivity contribution in [2.24, 2.45) is 14.1 Å². The van der Waals surface area contributed by atoms with E-state index in [4.69, 9.17) is 21.1 Å².